The smallest absolute Gasteiger partial charge is 0.449 e. The van der Waals surface area contributed by atoms with E-state index in [1.807, 2.05) is 0 Å². The van der Waals surface area contributed by atoms with E-state index in [1.54, 1.807) is 0 Å². The van der Waals surface area contributed by atoms with E-state index in [-0.39, 0.29) is 11.0 Å². The van der Waals surface area contributed by atoms with Gasteiger partial charge in [-0.2, -0.15) is 13.2 Å². The van der Waals surface area contributed by atoms with Crippen molar-refractivity contribution < 1.29 is 22.0 Å². The summed E-state index contributed by atoms with van der Waals surface area (Å²) in [4.78, 5) is 0. The largest absolute Gasteiger partial charge is 0.451 e. The Labute approximate surface area is 75.9 Å². The average Bonchev–Trinajstić information content (AvgIpc) is 2.45. The van der Waals surface area contributed by atoms with Crippen molar-refractivity contribution in [2.24, 2.45) is 0 Å². The van der Waals surface area contributed by atoms with Crippen LogP contribution in [0.1, 0.15) is 5.76 Å². The average molecular weight is 204 g/mol. The van der Waals surface area contributed by atoms with E-state index in [0.29, 0.717) is 0 Å². The Morgan fingerprint density at radius 3 is 2.43 bits per heavy atom. The van der Waals surface area contributed by atoms with Gasteiger partial charge in [0.1, 0.15) is 11.4 Å². The third kappa shape index (κ3) is 1.45. The van der Waals surface area contributed by atoms with Gasteiger partial charge in [0.15, 0.2) is 0 Å². The Hall–Kier alpha value is -1.52. The molecule has 1 nitrogen and oxygen atoms in total. The molecule has 0 fully saturated rings. The second-order valence-electron chi connectivity index (χ2n) is 2.79. The van der Waals surface area contributed by atoms with Crippen LogP contribution in [0.5, 0.6) is 0 Å². The molecule has 1 aromatic heterocycles. The van der Waals surface area contributed by atoms with E-state index in [4.69, 9.17) is 0 Å². The standard InChI is InChI=1S/C9H4F4O/c10-6-1-2-7-5(3-6)4-8(14-7)9(11,12)13/h1-4H. The Balaban J connectivity index is 2.63. The van der Waals surface area contributed by atoms with Crippen molar-refractivity contribution in [2.45, 2.75) is 6.18 Å². The molecule has 0 radical (unpaired) electrons. The first-order valence-electron chi connectivity index (χ1n) is 3.73. The summed E-state index contributed by atoms with van der Waals surface area (Å²) >= 11 is 0. The van der Waals surface area contributed by atoms with Gasteiger partial charge < -0.3 is 4.42 Å². The fourth-order valence-corrected chi connectivity index (χ4v) is 1.15. The Morgan fingerprint density at radius 2 is 1.79 bits per heavy atom. The van der Waals surface area contributed by atoms with Gasteiger partial charge in [0.2, 0.25) is 5.76 Å². The minimum atomic E-state index is -4.53. The molecule has 2 rings (SSSR count). The molecule has 1 heterocycles. The summed E-state index contributed by atoms with van der Waals surface area (Å²) in [6, 6.07) is 3.98. The highest BCUT2D eigenvalue weighted by Crippen LogP contribution is 2.33. The van der Waals surface area contributed by atoms with Crippen molar-refractivity contribution in [3.63, 3.8) is 0 Å². The number of hydrogen-bond donors (Lipinski definition) is 0. The molecule has 0 saturated carbocycles. The lowest BCUT2D eigenvalue weighted by atomic mass is 10.2. The predicted molar refractivity (Wildman–Crippen MR) is 41.2 cm³/mol. The number of hydrogen-bond acceptors (Lipinski definition) is 1. The van der Waals surface area contributed by atoms with E-state index in [2.05, 4.69) is 4.42 Å². The zero-order valence-electron chi connectivity index (χ0n) is 6.73. The van der Waals surface area contributed by atoms with Gasteiger partial charge >= 0.3 is 6.18 Å². The fourth-order valence-electron chi connectivity index (χ4n) is 1.15. The summed E-state index contributed by atoms with van der Waals surface area (Å²) in [5.74, 6) is -1.70. The molecule has 1 aromatic carbocycles. The quantitative estimate of drug-likeness (QED) is 0.597. The Kier molecular flexibility index (Phi) is 1.77. The van der Waals surface area contributed by atoms with Crippen LogP contribution in [-0.2, 0) is 6.18 Å². The third-order valence-electron chi connectivity index (χ3n) is 1.76. The van der Waals surface area contributed by atoms with E-state index in [9.17, 15) is 17.6 Å². The van der Waals surface area contributed by atoms with Gasteiger partial charge in [0.05, 0.1) is 0 Å². The van der Waals surface area contributed by atoms with Gasteiger partial charge in [-0.1, -0.05) is 0 Å². The Bertz CT molecular complexity index is 469. The van der Waals surface area contributed by atoms with Crippen molar-refractivity contribution in [1.29, 1.82) is 0 Å². The SMILES string of the molecule is Fc1ccc2oc(C(F)(F)F)cc2c1. The van der Waals surface area contributed by atoms with E-state index in [0.717, 1.165) is 18.2 Å². The fraction of sp³-hybridized carbons (Fsp3) is 0.111. The van der Waals surface area contributed by atoms with Crippen LogP contribution < -0.4 is 0 Å². The lowest BCUT2D eigenvalue weighted by molar-refractivity contribution is -0.152. The van der Waals surface area contributed by atoms with Crippen molar-refractivity contribution in [3.05, 3.63) is 35.8 Å². The van der Waals surface area contributed by atoms with Gasteiger partial charge in [0, 0.05) is 5.39 Å². The van der Waals surface area contributed by atoms with E-state index < -0.39 is 17.8 Å². The summed E-state index contributed by atoms with van der Waals surface area (Å²) in [6.07, 6.45) is -4.53. The van der Waals surface area contributed by atoms with Gasteiger partial charge in [-0.3, -0.25) is 0 Å². The molecular weight excluding hydrogens is 200 g/mol. The molecule has 5 heteroatoms. The number of benzene rings is 1. The molecular formula is C9H4F4O. The molecule has 0 aliphatic heterocycles. The third-order valence-corrected chi connectivity index (χ3v) is 1.76. The molecule has 0 bridgehead atoms. The summed E-state index contributed by atoms with van der Waals surface area (Å²) in [5, 5.41) is 0.109. The number of alkyl halides is 3. The first kappa shape index (κ1) is 9.05. The summed E-state index contributed by atoms with van der Waals surface area (Å²) in [7, 11) is 0. The van der Waals surface area contributed by atoms with Crippen LogP contribution in [0.4, 0.5) is 17.6 Å². The summed E-state index contributed by atoms with van der Waals surface area (Å²) in [6.45, 7) is 0. The number of rotatable bonds is 0. The lowest BCUT2D eigenvalue weighted by Gasteiger charge is -1.98. The van der Waals surface area contributed by atoms with E-state index in [1.165, 1.54) is 6.07 Å². The molecule has 14 heavy (non-hydrogen) atoms. The second kappa shape index (κ2) is 2.73. The maximum atomic E-state index is 12.6. The molecule has 0 aliphatic carbocycles. The molecule has 74 valence electrons. The van der Waals surface area contributed by atoms with Crippen LogP contribution in [0.3, 0.4) is 0 Å². The zero-order valence-corrected chi connectivity index (χ0v) is 6.73. The van der Waals surface area contributed by atoms with Crippen LogP contribution in [0.2, 0.25) is 0 Å². The summed E-state index contributed by atoms with van der Waals surface area (Å²) < 4.78 is 53.5. The Morgan fingerprint density at radius 1 is 1.07 bits per heavy atom. The predicted octanol–water partition coefficient (Wildman–Crippen LogP) is 3.59. The monoisotopic (exact) mass is 204 g/mol. The topological polar surface area (TPSA) is 13.1 Å². The zero-order chi connectivity index (χ0) is 10.3. The summed E-state index contributed by atoms with van der Waals surface area (Å²) in [5.41, 5.74) is 0.0266. The van der Waals surface area contributed by atoms with Gasteiger partial charge in [0.25, 0.3) is 0 Å². The first-order chi connectivity index (χ1) is 6.47. The number of fused-ring (bicyclic) bond motifs is 1. The number of furan rings is 1. The molecule has 0 aliphatic rings. The molecule has 0 N–H and O–H groups in total. The van der Waals surface area contributed by atoms with Crippen molar-refractivity contribution in [1.82, 2.24) is 0 Å². The molecule has 0 saturated heterocycles. The van der Waals surface area contributed by atoms with Gasteiger partial charge in [-0.05, 0) is 24.3 Å². The minimum absolute atomic E-state index is 0.0266. The van der Waals surface area contributed by atoms with Gasteiger partial charge in [-0.15, -0.1) is 0 Å². The molecule has 0 spiro atoms. The minimum Gasteiger partial charge on any atom is -0.451 e. The highest BCUT2D eigenvalue weighted by atomic mass is 19.4. The van der Waals surface area contributed by atoms with Crippen LogP contribution in [0.15, 0.2) is 28.7 Å². The van der Waals surface area contributed by atoms with Crippen molar-refractivity contribution in [3.8, 4) is 0 Å². The highest BCUT2D eigenvalue weighted by molar-refractivity contribution is 5.77. The first-order valence-corrected chi connectivity index (χ1v) is 3.73. The molecule has 0 atom stereocenters. The normalized spacial score (nSPS) is 12.3. The van der Waals surface area contributed by atoms with Crippen LogP contribution in [-0.4, -0.2) is 0 Å². The number of halogens is 4. The second-order valence-corrected chi connectivity index (χ2v) is 2.79. The van der Waals surface area contributed by atoms with Crippen LogP contribution in [0.25, 0.3) is 11.0 Å². The highest BCUT2D eigenvalue weighted by Gasteiger charge is 2.35. The van der Waals surface area contributed by atoms with Crippen molar-refractivity contribution in [2.75, 3.05) is 0 Å². The molecule has 0 unspecified atom stereocenters. The maximum Gasteiger partial charge on any atom is 0.449 e. The van der Waals surface area contributed by atoms with Crippen LogP contribution >= 0.6 is 0 Å². The van der Waals surface area contributed by atoms with Crippen molar-refractivity contribution >= 4 is 11.0 Å². The lowest BCUT2D eigenvalue weighted by Crippen LogP contribution is -2.01. The maximum absolute atomic E-state index is 12.6. The van der Waals surface area contributed by atoms with Gasteiger partial charge in [-0.25, -0.2) is 4.39 Å². The van der Waals surface area contributed by atoms with E-state index >= 15 is 0 Å². The molecule has 0 amide bonds. The molecule has 2 aromatic rings. The van der Waals surface area contributed by atoms with Crippen LogP contribution in [0, 0.1) is 5.82 Å².